The number of hydrogen-bond acceptors (Lipinski definition) is 3. The molecule has 0 aromatic heterocycles. The van der Waals surface area contributed by atoms with E-state index >= 15 is 0 Å². The summed E-state index contributed by atoms with van der Waals surface area (Å²) in [5.74, 6) is -0.886. The van der Waals surface area contributed by atoms with Crippen LogP contribution in [0, 0.1) is 0 Å². The zero-order valence-corrected chi connectivity index (χ0v) is 10.2. The van der Waals surface area contributed by atoms with Crippen molar-refractivity contribution in [3.63, 3.8) is 0 Å². The Kier molecular flexibility index (Phi) is 5.77. The number of nitrogens with zero attached hydrogens (tertiary/aromatic N) is 1. The molecule has 4 heteroatoms. The standard InChI is InChI=1S/C12H24N2O2/c1-2-10-6-4-3-5-8-14(10)9-7-11(13)12(15)16/h10-11H,2-9,13H2,1H3,(H,15,16). The molecule has 0 aromatic carbocycles. The zero-order chi connectivity index (χ0) is 12.0. The molecule has 0 radical (unpaired) electrons. The largest absolute Gasteiger partial charge is 0.480 e. The topological polar surface area (TPSA) is 66.6 Å². The molecule has 1 rings (SSSR count). The molecule has 0 amide bonds. The van der Waals surface area contributed by atoms with Gasteiger partial charge in [-0.2, -0.15) is 0 Å². The molecule has 1 aliphatic heterocycles. The highest BCUT2D eigenvalue weighted by Crippen LogP contribution is 2.19. The molecule has 1 fully saturated rings. The zero-order valence-electron chi connectivity index (χ0n) is 10.2. The number of rotatable bonds is 5. The summed E-state index contributed by atoms with van der Waals surface area (Å²) >= 11 is 0. The van der Waals surface area contributed by atoms with Crippen molar-refractivity contribution in [3.05, 3.63) is 0 Å². The number of hydrogen-bond donors (Lipinski definition) is 2. The molecule has 1 heterocycles. The summed E-state index contributed by atoms with van der Waals surface area (Å²) in [7, 11) is 0. The average Bonchev–Trinajstić information content (AvgIpc) is 2.50. The van der Waals surface area contributed by atoms with Gasteiger partial charge in [0.2, 0.25) is 0 Å². The van der Waals surface area contributed by atoms with Crippen LogP contribution in [0.4, 0.5) is 0 Å². The van der Waals surface area contributed by atoms with Crippen molar-refractivity contribution in [3.8, 4) is 0 Å². The van der Waals surface area contributed by atoms with Crippen LogP contribution in [0.2, 0.25) is 0 Å². The Morgan fingerprint density at radius 2 is 2.25 bits per heavy atom. The predicted octanol–water partition coefficient (Wildman–Crippen LogP) is 1.44. The second-order valence-corrected chi connectivity index (χ2v) is 4.68. The first-order valence-electron chi connectivity index (χ1n) is 6.37. The summed E-state index contributed by atoms with van der Waals surface area (Å²) in [5, 5.41) is 8.75. The van der Waals surface area contributed by atoms with Gasteiger partial charge in [-0.1, -0.05) is 19.8 Å². The van der Waals surface area contributed by atoms with Crippen molar-refractivity contribution in [1.82, 2.24) is 4.90 Å². The minimum atomic E-state index is -0.886. The van der Waals surface area contributed by atoms with E-state index in [1.807, 2.05) is 0 Å². The van der Waals surface area contributed by atoms with E-state index in [2.05, 4.69) is 11.8 Å². The summed E-state index contributed by atoms with van der Waals surface area (Å²) in [4.78, 5) is 13.1. The first-order chi connectivity index (χ1) is 7.65. The van der Waals surface area contributed by atoms with E-state index in [1.165, 1.54) is 25.7 Å². The minimum Gasteiger partial charge on any atom is -0.480 e. The van der Waals surface area contributed by atoms with Gasteiger partial charge in [0.05, 0.1) is 0 Å². The van der Waals surface area contributed by atoms with E-state index in [4.69, 9.17) is 10.8 Å². The lowest BCUT2D eigenvalue weighted by Crippen LogP contribution is -2.40. The van der Waals surface area contributed by atoms with Gasteiger partial charge in [-0.25, -0.2) is 0 Å². The molecule has 2 atom stereocenters. The van der Waals surface area contributed by atoms with Crippen molar-refractivity contribution in [2.75, 3.05) is 13.1 Å². The molecular weight excluding hydrogens is 204 g/mol. The van der Waals surface area contributed by atoms with Crippen LogP contribution in [0.3, 0.4) is 0 Å². The van der Waals surface area contributed by atoms with Gasteiger partial charge in [0.25, 0.3) is 0 Å². The summed E-state index contributed by atoms with van der Waals surface area (Å²) in [6.45, 7) is 4.14. The van der Waals surface area contributed by atoms with Gasteiger partial charge in [-0.05, 0) is 32.2 Å². The molecule has 1 aliphatic rings. The Bertz CT molecular complexity index is 221. The molecular formula is C12H24N2O2. The monoisotopic (exact) mass is 228 g/mol. The molecule has 0 aromatic rings. The van der Waals surface area contributed by atoms with E-state index in [9.17, 15) is 4.79 Å². The lowest BCUT2D eigenvalue weighted by Gasteiger charge is -2.29. The predicted molar refractivity (Wildman–Crippen MR) is 64.3 cm³/mol. The Labute approximate surface area is 97.8 Å². The molecule has 16 heavy (non-hydrogen) atoms. The number of carboxylic acids is 1. The van der Waals surface area contributed by atoms with Gasteiger partial charge in [-0.3, -0.25) is 4.79 Å². The molecule has 0 spiro atoms. The molecule has 1 saturated heterocycles. The number of carbonyl (C=O) groups is 1. The van der Waals surface area contributed by atoms with Crippen LogP contribution in [0.1, 0.15) is 45.4 Å². The molecule has 94 valence electrons. The normalized spacial score (nSPS) is 25.0. The van der Waals surface area contributed by atoms with E-state index in [0.717, 1.165) is 19.5 Å². The Hall–Kier alpha value is -0.610. The van der Waals surface area contributed by atoms with Crippen LogP contribution in [-0.2, 0) is 4.79 Å². The fourth-order valence-electron chi connectivity index (χ4n) is 2.42. The fraction of sp³-hybridized carbons (Fsp3) is 0.917. The van der Waals surface area contributed by atoms with Gasteiger partial charge in [0.1, 0.15) is 6.04 Å². The summed E-state index contributed by atoms with van der Waals surface area (Å²) in [6.07, 6.45) is 6.81. The molecule has 0 saturated carbocycles. The maximum atomic E-state index is 10.6. The van der Waals surface area contributed by atoms with Crippen molar-refractivity contribution in [2.24, 2.45) is 5.73 Å². The lowest BCUT2D eigenvalue weighted by atomic mass is 10.1. The number of carboxylic acid groups (broad SMARTS) is 1. The number of nitrogens with two attached hydrogens (primary N) is 1. The van der Waals surface area contributed by atoms with Crippen LogP contribution >= 0.6 is 0 Å². The van der Waals surface area contributed by atoms with Crippen molar-refractivity contribution in [1.29, 1.82) is 0 Å². The lowest BCUT2D eigenvalue weighted by molar-refractivity contribution is -0.138. The van der Waals surface area contributed by atoms with E-state index in [-0.39, 0.29) is 0 Å². The van der Waals surface area contributed by atoms with E-state index in [1.54, 1.807) is 0 Å². The SMILES string of the molecule is CCC1CCCCCN1CCC(N)C(=O)O. The number of aliphatic carboxylic acids is 1. The van der Waals surface area contributed by atoms with Crippen LogP contribution in [0.25, 0.3) is 0 Å². The summed E-state index contributed by atoms with van der Waals surface area (Å²) < 4.78 is 0. The van der Waals surface area contributed by atoms with E-state index < -0.39 is 12.0 Å². The van der Waals surface area contributed by atoms with Crippen LogP contribution in [0.5, 0.6) is 0 Å². The van der Waals surface area contributed by atoms with Gasteiger partial charge in [-0.15, -0.1) is 0 Å². The first-order valence-corrected chi connectivity index (χ1v) is 6.37. The van der Waals surface area contributed by atoms with Crippen molar-refractivity contribution in [2.45, 2.75) is 57.5 Å². The summed E-state index contributed by atoms with van der Waals surface area (Å²) in [5.41, 5.74) is 5.53. The highest BCUT2D eigenvalue weighted by Gasteiger charge is 2.21. The molecule has 0 bridgehead atoms. The first kappa shape index (κ1) is 13.5. The third-order valence-corrected chi connectivity index (χ3v) is 3.51. The second-order valence-electron chi connectivity index (χ2n) is 4.68. The quantitative estimate of drug-likeness (QED) is 0.747. The Balaban J connectivity index is 2.39. The molecule has 3 N–H and O–H groups in total. The van der Waals surface area contributed by atoms with Gasteiger partial charge in [0, 0.05) is 12.6 Å². The van der Waals surface area contributed by atoms with Crippen LogP contribution in [-0.4, -0.2) is 41.1 Å². The van der Waals surface area contributed by atoms with Gasteiger partial charge >= 0.3 is 5.97 Å². The van der Waals surface area contributed by atoms with Crippen LogP contribution in [0.15, 0.2) is 0 Å². The van der Waals surface area contributed by atoms with Gasteiger partial charge in [0.15, 0.2) is 0 Å². The van der Waals surface area contributed by atoms with E-state index in [0.29, 0.717) is 12.5 Å². The molecule has 4 nitrogen and oxygen atoms in total. The molecule has 0 aliphatic carbocycles. The maximum absolute atomic E-state index is 10.6. The van der Waals surface area contributed by atoms with Crippen molar-refractivity contribution >= 4 is 5.97 Å². The Morgan fingerprint density at radius 1 is 1.50 bits per heavy atom. The third kappa shape index (κ3) is 4.10. The Morgan fingerprint density at radius 3 is 2.88 bits per heavy atom. The van der Waals surface area contributed by atoms with Gasteiger partial charge < -0.3 is 15.7 Å². The van der Waals surface area contributed by atoms with Crippen LogP contribution < -0.4 is 5.73 Å². The second kappa shape index (κ2) is 6.86. The smallest absolute Gasteiger partial charge is 0.320 e. The third-order valence-electron chi connectivity index (χ3n) is 3.51. The molecule has 2 unspecified atom stereocenters. The fourth-order valence-corrected chi connectivity index (χ4v) is 2.42. The maximum Gasteiger partial charge on any atom is 0.320 e. The average molecular weight is 228 g/mol. The minimum absolute atomic E-state index is 0.561. The highest BCUT2D eigenvalue weighted by molar-refractivity contribution is 5.72. The number of likely N-dealkylation sites (tertiary alicyclic amines) is 1. The highest BCUT2D eigenvalue weighted by atomic mass is 16.4. The summed E-state index contributed by atoms with van der Waals surface area (Å²) in [6, 6.07) is -0.0794. The van der Waals surface area contributed by atoms with Crippen molar-refractivity contribution < 1.29 is 9.90 Å².